The van der Waals surface area contributed by atoms with E-state index in [9.17, 15) is 4.79 Å². The highest BCUT2D eigenvalue weighted by molar-refractivity contribution is 6.40. The first-order valence-electron chi connectivity index (χ1n) is 6.36. The van der Waals surface area contributed by atoms with Crippen LogP contribution in [0.2, 0.25) is 15.2 Å². The maximum atomic E-state index is 12.7. The van der Waals surface area contributed by atoms with Crippen molar-refractivity contribution >= 4 is 40.6 Å². The lowest BCUT2D eigenvalue weighted by molar-refractivity contribution is 0.103. The molecule has 0 saturated heterocycles. The molecular formula is C16H9Cl3N2O. The van der Waals surface area contributed by atoms with Crippen LogP contribution < -0.4 is 0 Å². The molecule has 0 spiro atoms. The molecular weight excluding hydrogens is 343 g/mol. The quantitative estimate of drug-likeness (QED) is 0.516. The number of nitrogens with one attached hydrogen (secondary N) is 1. The van der Waals surface area contributed by atoms with Crippen LogP contribution in [-0.2, 0) is 0 Å². The van der Waals surface area contributed by atoms with E-state index in [0.717, 1.165) is 0 Å². The van der Waals surface area contributed by atoms with Gasteiger partial charge in [-0.1, -0.05) is 40.9 Å². The summed E-state index contributed by atoms with van der Waals surface area (Å²) in [5.41, 5.74) is 1.91. The highest BCUT2D eigenvalue weighted by atomic mass is 35.5. The Hall–Kier alpha value is -1.81. The van der Waals surface area contributed by atoms with E-state index in [4.69, 9.17) is 34.8 Å². The average Bonchev–Trinajstić information content (AvgIpc) is 2.96. The van der Waals surface area contributed by atoms with Gasteiger partial charge < -0.3 is 4.98 Å². The van der Waals surface area contributed by atoms with Crippen molar-refractivity contribution in [2.24, 2.45) is 0 Å². The van der Waals surface area contributed by atoms with E-state index in [1.54, 1.807) is 42.6 Å². The summed E-state index contributed by atoms with van der Waals surface area (Å²) in [6, 6.07) is 10.2. The number of aromatic nitrogens is 2. The largest absolute Gasteiger partial charge is 0.358 e. The van der Waals surface area contributed by atoms with Crippen LogP contribution in [0.1, 0.15) is 16.1 Å². The molecule has 3 rings (SSSR count). The number of rotatable bonds is 3. The summed E-state index contributed by atoms with van der Waals surface area (Å²) in [5.74, 6) is -0.269. The third-order valence-electron chi connectivity index (χ3n) is 3.21. The molecule has 0 saturated carbocycles. The van der Waals surface area contributed by atoms with Crippen LogP contribution in [0.25, 0.3) is 11.1 Å². The standard InChI is InChI=1S/C16H9Cl3N2O/c17-11-4-1-5-12(18)13(11)9-6-8-20-14(9)15(22)10-3-2-7-21-16(10)19/h1-8,20H. The summed E-state index contributed by atoms with van der Waals surface area (Å²) in [6.07, 6.45) is 3.19. The number of hydrogen-bond acceptors (Lipinski definition) is 2. The van der Waals surface area contributed by atoms with Crippen LogP contribution in [0.3, 0.4) is 0 Å². The molecule has 0 unspecified atom stereocenters. The summed E-state index contributed by atoms with van der Waals surface area (Å²) in [6.45, 7) is 0. The highest BCUT2D eigenvalue weighted by Gasteiger charge is 2.21. The maximum absolute atomic E-state index is 12.7. The minimum atomic E-state index is -0.269. The van der Waals surface area contributed by atoms with Crippen molar-refractivity contribution in [3.8, 4) is 11.1 Å². The van der Waals surface area contributed by atoms with Crippen LogP contribution >= 0.6 is 34.8 Å². The zero-order valence-corrected chi connectivity index (χ0v) is 13.4. The van der Waals surface area contributed by atoms with E-state index >= 15 is 0 Å². The van der Waals surface area contributed by atoms with Crippen molar-refractivity contribution < 1.29 is 4.79 Å². The number of aromatic amines is 1. The first-order valence-corrected chi connectivity index (χ1v) is 7.50. The number of halogens is 3. The molecule has 0 fully saturated rings. The maximum Gasteiger partial charge on any atom is 0.212 e. The van der Waals surface area contributed by atoms with Crippen LogP contribution in [0.5, 0.6) is 0 Å². The number of carbonyl (C=O) groups is 1. The van der Waals surface area contributed by atoms with Gasteiger partial charge in [-0.05, 0) is 30.3 Å². The normalized spacial score (nSPS) is 10.7. The summed E-state index contributed by atoms with van der Waals surface area (Å²) < 4.78 is 0. The van der Waals surface area contributed by atoms with Gasteiger partial charge in [-0.2, -0.15) is 0 Å². The minimum absolute atomic E-state index is 0.151. The van der Waals surface area contributed by atoms with Crippen molar-refractivity contribution in [3.63, 3.8) is 0 Å². The van der Waals surface area contributed by atoms with Crippen molar-refractivity contribution in [3.05, 3.63) is 75.2 Å². The Morgan fingerprint density at radius 1 is 1.00 bits per heavy atom. The Bertz CT molecular complexity index is 838. The van der Waals surface area contributed by atoms with Gasteiger partial charge >= 0.3 is 0 Å². The van der Waals surface area contributed by atoms with E-state index in [1.165, 1.54) is 6.20 Å². The smallest absolute Gasteiger partial charge is 0.212 e. The molecule has 0 bridgehead atoms. The molecule has 0 aliphatic carbocycles. The first kappa shape index (κ1) is 15.1. The van der Waals surface area contributed by atoms with E-state index in [1.807, 2.05) is 0 Å². The summed E-state index contributed by atoms with van der Waals surface area (Å²) in [4.78, 5) is 19.6. The number of nitrogens with zero attached hydrogens (tertiary/aromatic N) is 1. The van der Waals surface area contributed by atoms with Crippen LogP contribution in [0.15, 0.2) is 48.8 Å². The van der Waals surface area contributed by atoms with Crippen molar-refractivity contribution in [1.29, 1.82) is 0 Å². The fraction of sp³-hybridized carbons (Fsp3) is 0. The Labute approximate surface area is 141 Å². The molecule has 2 heterocycles. The summed E-state index contributed by atoms with van der Waals surface area (Å²) in [5, 5.41) is 1.09. The van der Waals surface area contributed by atoms with Crippen LogP contribution in [-0.4, -0.2) is 15.8 Å². The van der Waals surface area contributed by atoms with E-state index in [0.29, 0.717) is 32.4 Å². The van der Waals surface area contributed by atoms with Gasteiger partial charge in [0.05, 0.1) is 11.3 Å². The second-order valence-electron chi connectivity index (χ2n) is 4.53. The van der Waals surface area contributed by atoms with Gasteiger partial charge in [0, 0.05) is 33.6 Å². The third kappa shape index (κ3) is 2.63. The number of H-pyrrole nitrogens is 1. The topological polar surface area (TPSA) is 45.8 Å². The third-order valence-corrected chi connectivity index (χ3v) is 4.14. The van der Waals surface area contributed by atoms with Crippen molar-refractivity contribution in [2.45, 2.75) is 0 Å². The molecule has 0 atom stereocenters. The first-order chi connectivity index (χ1) is 10.6. The fourth-order valence-corrected chi connectivity index (χ4v) is 3.02. The lowest BCUT2D eigenvalue weighted by Gasteiger charge is -2.08. The number of ketones is 1. The molecule has 3 nitrogen and oxygen atoms in total. The second kappa shape index (κ2) is 6.13. The predicted molar refractivity (Wildman–Crippen MR) is 88.9 cm³/mol. The lowest BCUT2D eigenvalue weighted by atomic mass is 10.0. The molecule has 2 aromatic heterocycles. The zero-order valence-electron chi connectivity index (χ0n) is 11.1. The van der Waals surface area contributed by atoms with Crippen LogP contribution in [0.4, 0.5) is 0 Å². The van der Waals surface area contributed by atoms with Gasteiger partial charge in [0.25, 0.3) is 0 Å². The molecule has 6 heteroatoms. The second-order valence-corrected chi connectivity index (χ2v) is 5.71. The Morgan fingerprint density at radius 2 is 1.73 bits per heavy atom. The van der Waals surface area contributed by atoms with Gasteiger partial charge in [0.15, 0.2) is 0 Å². The van der Waals surface area contributed by atoms with Gasteiger partial charge in [-0.3, -0.25) is 4.79 Å². The summed E-state index contributed by atoms with van der Waals surface area (Å²) >= 11 is 18.5. The number of hydrogen-bond donors (Lipinski definition) is 1. The molecule has 0 amide bonds. The van der Waals surface area contributed by atoms with E-state index < -0.39 is 0 Å². The number of carbonyl (C=O) groups excluding carboxylic acids is 1. The van der Waals surface area contributed by atoms with E-state index in [2.05, 4.69) is 9.97 Å². The molecule has 1 N–H and O–H groups in total. The van der Waals surface area contributed by atoms with E-state index in [-0.39, 0.29) is 10.9 Å². The van der Waals surface area contributed by atoms with Crippen LogP contribution in [0, 0.1) is 0 Å². The SMILES string of the molecule is O=C(c1cccnc1Cl)c1[nH]ccc1-c1c(Cl)cccc1Cl. The lowest BCUT2D eigenvalue weighted by Crippen LogP contribution is -2.05. The minimum Gasteiger partial charge on any atom is -0.358 e. The molecule has 0 aliphatic heterocycles. The molecule has 1 aromatic carbocycles. The Balaban J connectivity index is 2.14. The molecule has 0 radical (unpaired) electrons. The fourth-order valence-electron chi connectivity index (χ4n) is 2.21. The Morgan fingerprint density at radius 3 is 2.41 bits per heavy atom. The van der Waals surface area contributed by atoms with Gasteiger partial charge in [-0.15, -0.1) is 0 Å². The Kier molecular flexibility index (Phi) is 4.21. The van der Waals surface area contributed by atoms with Gasteiger partial charge in [0.2, 0.25) is 5.78 Å². The summed E-state index contributed by atoms with van der Waals surface area (Å²) in [7, 11) is 0. The van der Waals surface area contributed by atoms with Crippen molar-refractivity contribution in [2.75, 3.05) is 0 Å². The monoisotopic (exact) mass is 350 g/mol. The van der Waals surface area contributed by atoms with Crippen molar-refractivity contribution in [1.82, 2.24) is 9.97 Å². The molecule has 110 valence electrons. The van der Waals surface area contributed by atoms with Gasteiger partial charge in [-0.25, -0.2) is 4.98 Å². The number of benzene rings is 1. The zero-order chi connectivity index (χ0) is 15.7. The molecule has 0 aliphatic rings. The average molecular weight is 352 g/mol. The highest BCUT2D eigenvalue weighted by Crippen LogP contribution is 2.37. The molecule has 3 aromatic rings. The van der Waals surface area contributed by atoms with Gasteiger partial charge in [0.1, 0.15) is 5.15 Å². The molecule has 22 heavy (non-hydrogen) atoms. The number of pyridine rings is 1. The predicted octanol–water partition coefficient (Wildman–Crippen LogP) is 5.27.